The van der Waals surface area contributed by atoms with Crippen LogP contribution in [0.2, 0.25) is 0 Å². The van der Waals surface area contributed by atoms with Crippen molar-refractivity contribution in [3.63, 3.8) is 0 Å². The Morgan fingerprint density at radius 2 is 1.82 bits per heavy atom. The van der Waals surface area contributed by atoms with E-state index < -0.39 is 0 Å². The van der Waals surface area contributed by atoms with E-state index in [1.165, 1.54) is 28.6 Å². The van der Waals surface area contributed by atoms with Gasteiger partial charge in [0.2, 0.25) is 5.91 Å². The van der Waals surface area contributed by atoms with Gasteiger partial charge in [-0.2, -0.15) is 0 Å². The van der Waals surface area contributed by atoms with Crippen molar-refractivity contribution in [3.8, 4) is 0 Å². The molecular formula is C27H33N3O2S2. The van der Waals surface area contributed by atoms with Gasteiger partial charge in [0.05, 0.1) is 11.1 Å². The van der Waals surface area contributed by atoms with E-state index in [2.05, 4.69) is 37.4 Å². The van der Waals surface area contributed by atoms with Crippen LogP contribution in [0.1, 0.15) is 80.0 Å². The number of carbonyl (C=O) groups excluding carboxylic acids is 1. The summed E-state index contributed by atoms with van der Waals surface area (Å²) < 4.78 is 1.94. The molecular weight excluding hydrogens is 462 g/mol. The maximum absolute atomic E-state index is 13.8. The number of carbonyl (C=O) groups is 1. The SMILES string of the molecule is CCc1cccc(CC)c1NC(=O)CSc1nc2sc3c(c2c(=O)n1C1CCCC1)CCCC3. The first-order valence-corrected chi connectivity index (χ1v) is 14.5. The lowest BCUT2D eigenvalue weighted by Gasteiger charge is -2.19. The smallest absolute Gasteiger partial charge is 0.263 e. The molecule has 0 atom stereocenters. The summed E-state index contributed by atoms with van der Waals surface area (Å²) in [6.07, 6.45) is 10.5. The number of aryl methyl sites for hydroxylation is 4. The molecule has 1 N–H and O–H groups in total. The van der Waals surface area contributed by atoms with Crippen LogP contribution in [0.5, 0.6) is 0 Å². The predicted octanol–water partition coefficient (Wildman–Crippen LogP) is 6.31. The molecule has 1 amide bonds. The van der Waals surface area contributed by atoms with Gasteiger partial charge in [-0.3, -0.25) is 14.2 Å². The Kier molecular flexibility index (Phi) is 7.11. The highest BCUT2D eigenvalue weighted by Crippen LogP contribution is 2.37. The number of thioether (sulfide) groups is 1. The van der Waals surface area contributed by atoms with E-state index in [1.807, 2.05) is 4.57 Å². The van der Waals surface area contributed by atoms with Crippen LogP contribution in [0.3, 0.4) is 0 Å². The van der Waals surface area contributed by atoms with Crippen LogP contribution < -0.4 is 10.9 Å². The maximum Gasteiger partial charge on any atom is 0.263 e. The molecule has 2 aliphatic rings. The predicted molar refractivity (Wildman–Crippen MR) is 143 cm³/mol. The highest BCUT2D eigenvalue weighted by Gasteiger charge is 2.27. The number of fused-ring (bicyclic) bond motifs is 3. The molecule has 0 radical (unpaired) electrons. The van der Waals surface area contributed by atoms with Crippen LogP contribution in [-0.2, 0) is 30.5 Å². The van der Waals surface area contributed by atoms with Gasteiger partial charge >= 0.3 is 0 Å². The Labute approximate surface area is 209 Å². The van der Waals surface area contributed by atoms with Crippen molar-refractivity contribution >= 4 is 44.9 Å². The Bertz CT molecular complexity index is 1250. The largest absolute Gasteiger partial charge is 0.325 e. The van der Waals surface area contributed by atoms with E-state index in [0.717, 1.165) is 84.8 Å². The first-order valence-electron chi connectivity index (χ1n) is 12.7. The molecule has 7 heteroatoms. The molecule has 0 spiro atoms. The van der Waals surface area contributed by atoms with Crippen molar-refractivity contribution in [1.82, 2.24) is 9.55 Å². The topological polar surface area (TPSA) is 64.0 Å². The summed E-state index contributed by atoms with van der Waals surface area (Å²) in [5, 5.41) is 4.72. The zero-order valence-corrected chi connectivity index (χ0v) is 21.7. The van der Waals surface area contributed by atoms with Crippen molar-refractivity contribution in [1.29, 1.82) is 0 Å². The second kappa shape index (κ2) is 10.2. The fourth-order valence-corrected chi connectivity index (χ4v) is 7.66. The third kappa shape index (κ3) is 4.44. The molecule has 2 aliphatic carbocycles. The molecule has 180 valence electrons. The number of hydrogen-bond acceptors (Lipinski definition) is 5. The zero-order valence-electron chi connectivity index (χ0n) is 20.1. The lowest BCUT2D eigenvalue weighted by Crippen LogP contribution is -2.27. The van der Waals surface area contributed by atoms with Crippen LogP contribution >= 0.6 is 23.1 Å². The van der Waals surface area contributed by atoms with Crippen molar-refractivity contribution in [2.75, 3.05) is 11.1 Å². The van der Waals surface area contributed by atoms with Crippen LogP contribution in [0.15, 0.2) is 28.2 Å². The Morgan fingerprint density at radius 3 is 2.53 bits per heavy atom. The monoisotopic (exact) mass is 495 g/mol. The van der Waals surface area contributed by atoms with Gasteiger partial charge in [0.15, 0.2) is 5.16 Å². The van der Waals surface area contributed by atoms with Gasteiger partial charge in [0.25, 0.3) is 5.56 Å². The minimum Gasteiger partial charge on any atom is -0.325 e. The molecule has 2 heterocycles. The number of aromatic nitrogens is 2. The van der Waals surface area contributed by atoms with Crippen LogP contribution in [0.25, 0.3) is 10.2 Å². The summed E-state index contributed by atoms with van der Waals surface area (Å²) in [5.41, 5.74) is 4.62. The van der Waals surface area contributed by atoms with Gasteiger partial charge in [0.1, 0.15) is 4.83 Å². The van der Waals surface area contributed by atoms with Gasteiger partial charge in [-0.05, 0) is 68.1 Å². The van der Waals surface area contributed by atoms with Gasteiger partial charge in [-0.15, -0.1) is 11.3 Å². The highest BCUT2D eigenvalue weighted by molar-refractivity contribution is 7.99. The summed E-state index contributed by atoms with van der Waals surface area (Å²) in [6, 6.07) is 6.41. The van der Waals surface area contributed by atoms with E-state index in [9.17, 15) is 9.59 Å². The third-order valence-electron chi connectivity index (χ3n) is 7.27. The number of amides is 1. The first-order chi connectivity index (χ1) is 16.6. The summed E-state index contributed by atoms with van der Waals surface area (Å²) in [7, 11) is 0. The lowest BCUT2D eigenvalue weighted by molar-refractivity contribution is -0.113. The van der Waals surface area contributed by atoms with Crippen molar-refractivity contribution in [2.24, 2.45) is 0 Å². The minimum atomic E-state index is -0.0432. The Balaban J connectivity index is 1.45. The lowest BCUT2D eigenvalue weighted by atomic mass is 9.97. The second-order valence-electron chi connectivity index (χ2n) is 9.39. The van der Waals surface area contributed by atoms with Crippen LogP contribution in [0.4, 0.5) is 5.69 Å². The minimum absolute atomic E-state index is 0.0432. The molecule has 2 aromatic heterocycles. The molecule has 1 saturated carbocycles. The number of thiophene rings is 1. The number of rotatable bonds is 7. The van der Waals surface area contributed by atoms with E-state index in [1.54, 1.807) is 11.3 Å². The molecule has 5 nitrogen and oxygen atoms in total. The van der Waals surface area contributed by atoms with Gasteiger partial charge in [-0.1, -0.05) is 56.7 Å². The number of hydrogen-bond donors (Lipinski definition) is 1. The van der Waals surface area contributed by atoms with Gasteiger partial charge in [-0.25, -0.2) is 4.98 Å². The molecule has 3 aromatic rings. The van der Waals surface area contributed by atoms with E-state index >= 15 is 0 Å². The van der Waals surface area contributed by atoms with Crippen LogP contribution in [0, 0.1) is 0 Å². The molecule has 1 aromatic carbocycles. The standard InChI is InChI=1S/C27H33N3O2S2/c1-3-17-10-9-11-18(4-2)24(17)28-22(31)16-33-27-29-25-23(20-14-7-8-15-21(20)34-25)26(32)30(27)19-12-5-6-13-19/h9-11,19H,3-8,12-16H2,1-2H3,(H,28,31). The molecule has 1 fully saturated rings. The highest BCUT2D eigenvalue weighted by atomic mass is 32.2. The zero-order chi connectivity index (χ0) is 23.7. The van der Waals surface area contributed by atoms with Crippen LogP contribution in [-0.4, -0.2) is 21.2 Å². The molecule has 0 unspecified atom stereocenters. The quantitative estimate of drug-likeness (QED) is 0.308. The maximum atomic E-state index is 13.8. The van der Waals surface area contributed by atoms with Crippen molar-refractivity contribution in [2.45, 2.75) is 89.3 Å². The molecule has 5 rings (SSSR count). The number of benzene rings is 1. The molecule has 0 saturated heterocycles. The summed E-state index contributed by atoms with van der Waals surface area (Å²) >= 11 is 3.10. The normalized spacial score (nSPS) is 16.2. The summed E-state index contributed by atoms with van der Waals surface area (Å²) in [4.78, 5) is 34.0. The van der Waals surface area contributed by atoms with Crippen molar-refractivity contribution in [3.05, 3.63) is 50.1 Å². The fourth-order valence-electron chi connectivity index (χ4n) is 5.49. The summed E-state index contributed by atoms with van der Waals surface area (Å²) in [6.45, 7) is 4.22. The number of nitrogens with zero attached hydrogens (tertiary/aromatic N) is 2. The number of anilines is 1. The fraction of sp³-hybridized carbons (Fsp3) is 0.519. The second-order valence-corrected chi connectivity index (χ2v) is 11.4. The van der Waals surface area contributed by atoms with E-state index in [0.29, 0.717) is 5.16 Å². The van der Waals surface area contributed by atoms with E-state index in [4.69, 9.17) is 4.98 Å². The van der Waals surface area contributed by atoms with Crippen molar-refractivity contribution < 1.29 is 4.79 Å². The molecule has 0 aliphatic heterocycles. The number of nitrogens with one attached hydrogen (secondary N) is 1. The van der Waals surface area contributed by atoms with E-state index in [-0.39, 0.29) is 23.3 Å². The third-order valence-corrected chi connectivity index (χ3v) is 9.41. The molecule has 34 heavy (non-hydrogen) atoms. The first kappa shape index (κ1) is 23.6. The number of para-hydroxylation sites is 1. The Morgan fingerprint density at radius 1 is 1.12 bits per heavy atom. The van der Waals surface area contributed by atoms with Gasteiger partial charge in [0, 0.05) is 16.6 Å². The average molecular weight is 496 g/mol. The average Bonchev–Trinajstić information content (AvgIpc) is 3.50. The molecule has 0 bridgehead atoms. The van der Waals surface area contributed by atoms with Gasteiger partial charge < -0.3 is 5.32 Å². The summed E-state index contributed by atoms with van der Waals surface area (Å²) in [5.74, 6) is 0.204. The Hall–Kier alpha value is -2.12.